The van der Waals surface area contributed by atoms with Crippen LogP contribution < -0.4 is 5.32 Å². The van der Waals surface area contributed by atoms with Gasteiger partial charge in [-0.2, -0.15) is 0 Å². The zero-order valence-electron chi connectivity index (χ0n) is 29.6. The van der Waals surface area contributed by atoms with Gasteiger partial charge in [-0.3, -0.25) is 0 Å². The molecule has 0 bridgehead atoms. The van der Waals surface area contributed by atoms with Gasteiger partial charge in [-0.15, -0.1) is 0 Å². The fourth-order valence-corrected chi connectivity index (χ4v) is 6.71. The number of carbonyl (C=O) groups is 1. The number of carbonyl (C=O) groups excluding carboxylic acids is 1. The highest BCUT2D eigenvalue weighted by Gasteiger charge is 2.77. The first-order valence-electron chi connectivity index (χ1n) is 16.7. The van der Waals surface area contributed by atoms with E-state index in [1.54, 1.807) is 0 Å². The number of ether oxygens (including phenoxy) is 4. The van der Waals surface area contributed by atoms with Gasteiger partial charge in [-0.1, -0.05) is 58.3 Å². The zero-order valence-corrected chi connectivity index (χ0v) is 29.6. The predicted molar refractivity (Wildman–Crippen MR) is 170 cm³/mol. The molecular weight excluding hydrogens is 602 g/mol. The van der Waals surface area contributed by atoms with Gasteiger partial charge in [0, 0.05) is 6.54 Å². The number of aliphatic hydroxyl groups is 7. The fourth-order valence-electron chi connectivity index (χ4n) is 6.71. The van der Waals surface area contributed by atoms with Crippen LogP contribution in [0.3, 0.4) is 0 Å². The third-order valence-corrected chi connectivity index (χ3v) is 11.7. The molecule has 0 aromatic heterocycles. The Balaban J connectivity index is 2.15. The van der Waals surface area contributed by atoms with E-state index in [9.17, 15) is 40.5 Å². The number of amides is 1. The first kappa shape index (κ1) is 41.0. The predicted octanol–water partition coefficient (Wildman–Crippen LogP) is 2.03. The molecule has 2 saturated heterocycles. The third-order valence-electron chi connectivity index (χ3n) is 11.7. The molecule has 0 saturated carbocycles. The summed E-state index contributed by atoms with van der Waals surface area (Å²) in [4.78, 5) is 12.6. The molecule has 272 valence electrons. The van der Waals surface area contributed by atoms with Crippen LogP contribution in [0.15, 0.2) is 0 Å². The van der Waals surface area contributed by atoms with Gasteiger partial charge in [0.25, 0.3) is 0 Å². The average Bonchev–Trinajstić information content (AvgIpc) is 3.09. The molecule has 0 aromatic rings. The van der Waals surface area contributed by atoms with Crippen LogP contribution in [-0.2, 0) is 18.9 Å². The van der Waals surface area contributed by atoms with E-state index in [0.29, 0.717) is 6.54 Å². The standard InChI is InChI=1S/C33H63NO12/c1-10-11-12-13-14-15-16-17-18-19-34-24(37)43-22-26(3)28(5,39)29(6,40)30(7,41)32(9,45-26)44-23-33(21-36)31(8,42)27(4,38)25(2,20-35)46-33/h35-36,38-42H,10-23H2,1-9H3,(H,34,37)/t25-,26?,27?,28-,29-,30?,31-,32+,33+/m1/s1. The molecule has 2 heterocycles. The zero-order chi connectivity index (χ0) is 35.5. The van der Waals surface area contributed by atoms with Crippen LogP contribution in [-0.4, -0.2) is 125 Å². The Bertz CT molecular complexity index is 1020. The van der Waals surface area contributed by atoms with Crippen molar-refractivity contribution in [3.05, 3.63) is 0 Å². The van der Waals surface area contributed by atoms with Crippen LogP contribution in [0.5, 0.6) is 0 Å². The number of hydrogen-bond acceptors (Lipinski definition) is 12. The molecule has 8 N–H and O–H groups in total. The molecule has 9 atom stereocenters. The summed E-state index contributed by atoms with van der Waals surface area (Å²) in [6.07, 6.45) is 9.46. The van der Waals surface area contributed by atoms with Crippen molar-refractivity contribution in [3.8, 4) is 0 Å². The molecule has 13 heteroatoms. The van der Waals surface area contributed by atoms with Crippen LogP contribution in [0.25, 0.3) is 0 Å². The summed E-state index contributed by atoms with van der Waals surface area (Å²) in [5.41, 5.74) is -16.8. The maximum Gasteiger partial charge on any atom is 0.407 e. The second-order valence-electron chi connectivity index (χ2n) is 14.9. The van der Waals surface area contributed by atoms with Crippen LogP contribution in [0, 0.1) is 0 Å². The van der Waals surface area contributed by atoms with Gasteiger partial charge >= 0.3 is 6.09 Å². The van der Waals surface area contributed by atoms with Crippen molar-refractivity contribution < 1.29 is 59.5 Å². The van der Waals surface area contributed by atoms with E-state index in [0.717, 1.165) is 25.7 Å². The highest BCUT2D eigenvalue weighted by Crippen LogP contribution is 2.56. The Morgan fingerprint density at radius 3 is 1.59 bits per heavy atom. The SMILES string of the molecule is CCCCCCCCCCCNC(=O)OCC1(C)O[C@](C)(OC[C@]2(CO)O[C@](C)(CO)C(C)(O)[C@@]2(C)O)C(C)(O)[C@](C)(O)[C@]1(C)O. The van der Waals surface area contributed by atoms with Gasteiger partial charge in [0.15, 0.2) is 5.79 Å². The van der Waals surface area contributed by atoms with Gasteiger partial charge in [0.1, 0.15) is 51.4 Å². The Kier molecular flexibility index (Phi) is 12.8. The summed E-state index contributed by atoms with van der Waals surface area (Å²) in [6, 6.07) is 0. The Hall–Kier alpha value is -1.13. The summed E-state index contributed by atoms with van der Waals surface area (Å²) in [5.74, 6) is -2.18. The third kappa shape index (κ3) is 6.83. The molecule has 46 heavy (non-hydrogen) atoms. The van der Waals surface area contributed by atoms with Crippen molar-refractivity contribution in [2.75, 3.05) is 33.0 Å². The minimum absolute atomic E-state index is 0.398. The number of alkyl carbamates (subject to hydrolysis) is 1. The van der Waals surface area contributed by atoms with Crippen molar-refractivity contribution in [1.82, 2.24) is 5.32 Å². The summed E-state index contributed by atoms with van der Waals surface area (Å²) >= 11 is 0. The summed E-state index contributed by atoms with van der Waals surface area (Å²) in [5, 5.41) is 80.8. The second kappa shape index (κ2) is 14.4. The number of rotatable bonds is 17. The second-order valence-corrected chi connectivity index (χ2v) is 14.9. The lowest BCUT2D eigenvalue weighted by molar-refractivity contribution is -0.461. The monoisotopic (exact) mass is 665 g/mol. The van der Waals surface area contributed by atoms with Crippen molar-refractivity contribution in [3.63, 3.8) is 0 Å². The van der Waals surface area contributed by atoms with E-state index in [-0.39, 0.29) is 0 Å². The van der Waals surface area contributed by atoms with E-state index in [4.69, 9.17) is 18.9 Å². The van der Waals surface area contributed by atoms with Gasteiger partial charge in [0.2, 0.25) is 0 Å². The van der Waals surface area contributed by atoms with Crippen molar-refractivity contribution in [2.24, 2.45) is 0 Å². The number of unbranched alkanes of at least 4 members (excludes halogenated alkanes) is 8. The summed E-state index contributed by atoms with van der Waals surface area (Å²) < 4.78 is 23.6. The number of aliphatic hydroxyl groups excluding tert-OH is 2. The Labute approximate surface area is 274 Å². The van der Waals surface area contributed by atoms with Crippen LogP contribution in [0.4, 0.5) is 4.79 Å². The summed E-state index contributed by atoms with van der Waals surface area (Å²) in [7, 11) is 0. The molecule has 13 nitrogen and oxygen atoms in total. The van der Waals surface area contributed by atoms with E-state index < -0.39 is 83.1 Å². The molecule has 0 spiro atoms. The molecule has 0 aliphatic carbocycles. The van der Waals surface area contributed by atoms with E-state index in [1.807, 2.05) is 0 Å². The molecule has 2 aliphatic rings. The highest BCUT2D eigenvalue weighted by atomic mass is 16.7. The molecule has 0 radical (unpaired) electrons. The highest BCUT2D eigenvalue weighted by molar-refractivity contribution is 5.67. The smallest absolute Gasteiger partial charge is 0.407 e. The molecule has 3 unspecified atom stereocenters. The van der Waals surface area contributed by atoms with E-state index in [2.05, 4.69) is 12.2 Å². The number of nitrogens with one attached hydrogen (secondary N) is 1. The van der Waals surface area contributed by atoms with Gasteiger partial charge in [-0.05, 0) is 61.8 Å². The molecule has 2 fully saturated rings. The van der Waals surface area contributed by atoms with Gasteiger partial charge in [0.05, 0.1) is 19.8 Å². The topological polar surface area (TPSA) is 208 Å². The lowest BCUT2D eigenvalue weighted by Crippen LogP contribution is -2.85. The molecule has 1 amide bonds. The molecular formula is C33H63NO12. The molecule has 2 rings (SSSR count). The minimum atomic E-state index is -2.36. The van der Waals surface area contributed by atoms with Crippen molar-refractivity contribution >= 4 is 6.09 Å². The first-order chi connectivity index (χ1) is 20.9. The largest absolute Gasteiger partial charge is 0.446 e. The first-order valence-corrected chi connectivity index (χ1v) is 16.7. The Morgan fingerprint density at radius 2 is 1.11 bits per heavy atom. The lowest BCUT2D eigenvalue weighted by atomic mass is 9.61. The van der Waals surface area contributed by atoms with E-state index >= 15 is 0 Å². The van der Waals surface area contributed by atoms with Gasteiger partial charge in [-0.25, -0.2) is 4.79 Å². The quantitative estimate of drug-likeness (QED) is 0.105. The van der Waals surface area contributed by atoms with Crippen LogP contribution in [0.2, 0.25) is 0 Å². The minimum Gasteiger partial charge on any atom is -0.446 e. The van der Waals surface area contributed by atoms with Crippen molar-refractivity contribution in [1.29, 1.82) is 0 Å². The fraction of sp³-hybridized carbons (Fsp3) is 0.970. The lowest BCUT2D eigenvalue weighted by Gasteiger charge is -2.65. The Morgan fingerprint density at radius 1 is 0.609 bits per heavy atom. The number of hydrogen-bond donors (Lipinski definition) is 8. The van der Waals surface area contributed by atoms with Crippen molar-refractivity contribution in [2.45, 2.75) is 171 Å². The maximum absolute atomic E-state index is 12.6. The normalized spacial score (nSPS) is 44.3. The average molecular weight is 666 g/mol. The maximum atomic E-state index is 12.6. The summed E-state index contributed by atoms with van der Waals surface area (Å²) in [6.45, 7) is 9.90. The van der Waals surface area contributed by atoms with Crippen LogP contribution >= 0.6 is 0 Å². The molecule has 0 aromatic carbocycles. The molecule has 2 aliphatic heterocycles. The van der Waals surface area contributed by atoms with Crippen LogP contribution in [0.1, 0.15) is 120 Å². The van der Waals surface area contributed by atoms with Gasteiger partial charge < -0.3 is 60.0 Å². The van der Waals surface area contributed by atoms with E-state index in [1.165, 1.54) is 87.5 Å².